The van der Waals surface area contributed by atoms with E-state index in [-0.39, 0.29) is 15.9 Å². The molecule has 3 aromatic rings. The average molecular weight is 461 g/mol. The Hall–Kier alpha value is -2.71. The second-order valence-electron chi connectivity index (χ2n) is 7.27. The van der Waals surface area contributed by atoms with Gasteiger partial charge in [0.2, 0.25) is 5.91 Å². The normalized spacial score (nSPS) is 12.4. The average Bonchev–Trinajstić information content (AvgIpc) is 3.29. The van der Waals surface area contributed by atoms with Crippen molar-refractivity contribution in [3.63, 3.8) is 0 Å². The minimum absolute atomic E-state index is 0.0461. The molecule has 164 valence electrons. The zero-order valence-corrected chi connectivity index (χ0v) is 19.3. The minimum atomic E-state index is -4.10. The van der Waals surface area contributed by atoms with Gasteiger partial charge in [-0.25, -0.2) is 12.8 Å². The number of aryl methyl sites for hydroxylation is 2. The summed E-state index contributed by atoms with van der Waals surface area (Å²) in [6.45, 7) is 5.43. The van der Waals surface area contributed by atoms with Crippen molar-refractivity contribution in [2.45, 2.75) is 37.4 Å². The number of halogens is 1. The van der Waals surface area contributed by atoms with Crippen LogP contribution < -0.4 is 9.62 Å². The zero-order valence-electron chi connectivity index (χ0n) is 17.6. The van der Waals surface area contributed by atoms with Crippen molar-refractivity contribution in [3.8, 4) is 0 Å². The summed E-state index contributed by atoms with van der Waals surface area (Å²) in [6, 6.07) is 14.3. The number of carbonyl (C=O) groups is 1. The third-order valence-electron chi connectivity index (χ3n) is 5.12. The molecule has 1 aromatic heterocycles. The molecule has 0 spiro atoms. The molecule has 1 amide bonds. The number of carbonyl (C=O) groups excluding carboxylic acids is 1. The van der Waals surface area contributed by atoms with Crippen LogP contribution >= 0.6 is 11.3 Å². The van der Waals surface area contributed by atoms with E-state index in [1.165, 1.54) is 30.3 Å². The highest BCUT2D eigenvalue weighted by molar-refractivity contribution is 7.94. The van der Waals surface area contributed by atoms with E-state index in [1.54, 1.807) is 11.4 Å². The van der Waals surface area contributed by atoms with Gasteiger partial charge in [0.15, 0.2) is 0 Å². The SMILES string of the molecule is CCC(NC(=O)CN(c1ccccc1F)S(=O)(=O)c1cccs1)c1ccc(C)c(C)c1. The van der Waals surface area contributed by atoms with Crippen LogP contribution in [0.15, 0.2) is 64.2 Å². The van der Waals surface area contributed by atoms with Gasteiger partial charge < -0.3 is 5.32 Å². The first kappa shape index (κ1) is 23.0. The number of benzene rings is 2. The van der Waals surface area contributed by atoms with Gasteiger partial charge in [-0.2, -0.15) is 0 Å². The van der Waals surface area contributed by atoms with Gasteiger partial charge in [0, 0.05) is 0 Å². The highest BCUT2D eigenvalue weighted by atomic mass is 32.2. The predicted molar refractivity (Wildman–Crippen MR) is 122 cm³/mol. The van der Waals surface area contributed by atoms with Crippen LogP contribution in [-0.2, 0) is 14.8 Å². The molecule has 1 heterocycles. The quantitative estimate of drug-likeness (QED) is 0.516. The maximum absolute atomic E-state index is 14.5. The Morgan fingerprint density at radius 1 is 1.10 bits per heavy atom. The summed E-state index contributed by atoms with van der Waals surface area (Å²) in [4.78, 5) is 12.9. The standard InChI is InChI=1S/C23H25FN2O3S2/c1-4-20(18-12-11-16(2)17(3)14-18)25-22(27)15-26(21-9-6-5-8-19(21)24)31(28,29)23-10-7-13-30-23/h5-14,20H,4,15H2,1-3H3,(H,25,27). The number of thiophene rings is 1. The second-order valence-corrected chi connectivity index (χ2v) is 10.3. The van der Waals surface area contributed by atoms with E-state index in [4.69, 9.17) is 0 Å². The molecule has 0 aliphatic heterocycles. The van der Waals surface area contributed by atoms with E-state index in [9.17, 15) is 17.6 Å². The Morgan fingerprint density at radius 3 is 2.45 bits per heavy atom. The van der Waals surface area contributed by atoms with Crippen LogP contribution in [0.5, 0.6) is 0 Å². The Morgan fingerprint density at radius 2 is 1.84 bits per heavy atom. The van der Waals surface area contributed by atoms with Gasteiger partial charge in [-0.3, -0.25) is 9.10 Å². The second kappa shape index (κ2) is 9.62. The summed E-state index contributed by atoms with van der Waals surface area (Å²) < 4.78 is 41.7. The van der Waals surface area contributed by atoms with Crippen LogP contribution in [0.3, 0.4) is 0 Å². The van der Waals surface area contributed by atoms with Crippen molar-refractivity contribution >= 4 is 33.0 Å². The number of hydrogen-bond acceptors (Lipinski definition) is 4. The van der Waals surface area contributed by atoms with Gasteiger partial charge in [0.1, 0.15) is 16.6 Å². The highest BCUT2D eigenvalue weighted by Crippen LogP contribution is 2.28. The van der Waals surface area contributed by atoms with Crippen molar-refractivity contribution in [2.24, 2.45) is 0 Å². The molecule has 0 radical (unpaired) electrons. The Labute approximate surface area is 186 Å². The molecule has 0 aliphatic rings. The largest absolute Gasteiger partial charge is 0.348 e. The number of anilines is 1. The molecule has 2 aromatic carbocycles. The van der Waals surface area contributed by atoms with Crippen molar-refractivity contribution in [1.82, 2.24) is 5.32 Å². The van der Waals surface area contributed by atoms with Gasteiger partial charge in [0.25, 0.3) is 10.0 Å². The molecule has 8 heteroatoms. The summed E-state index contributed by atoms with van der Waals surface area (Å²) in [5.74, 6) is -1.22. The maximum Gasteiger partial charge on any atom is 0.274 e. The molecule has 0 aliphatic carbocycles. The lowest BCUT2D eigenvalue weighted by molar-refractivity contribution is -0.120. The van der Waals surface area contributed by atoms with E-state index >= 15 is 0 Å². The maximum atomic E-state index is 14.5. The summed E-state index contributed by atoms with van der Waals surface area (Å²) in [6.07, 6.45) is 0.631. The fourth-order valence-corrected chi connectivity index (χ4v) is 5.78. The molecule has 0 fully saturated rings. The Kier molecular flexibility index (Phi) is 7.12. The van der Waals surface area contributed by atoms with E-state index in [0.717, 1.165) is 32.3 Å². The first-order valence-electron chi connectivity index (χ1n) is 9.91. The Bertz CT molecular complexity index is 1160. The molecule has 0 saturated carbocycles. The van der Waals surface area contributed by atoms with E-state index in [0.29, 0.717) is 6.42 Å². The van der Waals surface area contributed by atoms with Gasteiger partial charge in [-0.1, -0.05) is 43.3 Å². The van der Waals surface area contributed by atoms with Crippen LogP contribution in [-0.4, -0.2) is 20.9 Å². The van der Waals surface area contributed by atoms with Crippen LogP contribution in [0.25, 0.3) is 0 Å². The first-order chi connectivity index (χ1) is 14.7. The highest BCUT2D eigenvalue weighted by Gasteiger charge is 2.30. The number of hydrogen-bond donors (Lipinski definition) is 1. The first-order valence-corrected chi connectivity index (χ1v) is 12.2. The predicted octanol–water partition coefficient (Wildman–Crippen LogP) is 4.97. The van der Waals surface area contributed by atoms with Crippen LogP contribution in [0.2, 0.25) is 0 Å². The molecule has 5 nitrogen and oxygen atoms in total. The topological polar surface area (TPSA) is 66.5 Å². The molecule has 3 rings (SSSR count). The van der Waals surface area contributed by atoms with Crippen LogP contribution in [0.1, 0.15) is 36.1 Å². The van der Waals surface area contributed by atoms with Gasteiger partial charge in [-0.15, -0.1) is 11.3 Å². The fraction of sp³-hybridized carbons (Fsp3) is 0.261. The van der Waals surface area contributed by atoms with Crippen molar-refractivity contribution in [3.05, 3.63) is 82.5 Å². The molecule has 1 unspecified atom stereocenters. The van der Waals surface area contributed by atoms with Crippen LogP contribution in [0, 0.1) is 19.7 Å². The molecular formula is C23H25FN2O3S2. The van der Waals surface area contributed by atoms with Gasteiger partial charge >= 0.3 is 0 Å². The summed E-state index contributed by atoms with van der Waals surface area (Å²) in [5.41, 5.74) is 3.04. The van der Waals surface area contributed by atoms with E-state index in [1.807, 2.05) is 39.0 Å². The summed E-state index contributed by atoms with van der Waals surface area (Å²) in [5, 5.41) is 4.53. The number of rotatable bonds is 8. The van der Waals surface area contributed by atoms with Crippen LogP contribution in [0.4, 0.5) is 10.1 Å². The number of amides is 1. The van der Waals surface area contributed by atoms with E-state index < -0.39 is 28.3 Å². The number of sulfonamides is 1. The van der Waals surface area contributed by atoms with Gasteiger partial charge in [0.05, 0.1) is 11.7 Å². The van der Waals surface area contributed by atoms with Gasteiger partial charge in [-0.05, 0) is 60.5 Å². The molecule has 0 bridgehead atoms. The summed E-state index contributed by atoms with van der Waals surface area (Å²) >= 11 is 1.02. The monoisotopic (exact) mass is 460 g/mol. The Balaban J connectivity index is 1.89. The van der Waals surface area contributed by atoms with Crippen molar-refractivity contribution in [2.75, 3.05) is 10.8 Å². The smallest absolute Gasteiger partial charge is 0.274 e. The summed E-state index contributed by atoms with van der Waals surface area (Å²) in [7, 11) is -4.10. The molecule has 1 atom stereocenters. The molecular weight excluding hydrogens is 435 g/mol. The number of nitrogens with one attached hydrogen (secondary N) is 1. The number of para-hydroxylation sites is 1. The molecule has 0 saturated heterocycles. The lowest BCUT2D eigenvalue weighted by Gasteiger charge is -2.25. The van der Waals surface area contributed by atoms with Crippen molar-refractivity contribution in [1.29, 1.82) is 0 Å². The minimum Gasteiger partial charge on any atom is -0.348 e. The third kappa shape index (κ3) is 5.14. The number of nitrogens with zero attached hydrogens (tertiary/aromatic N) is 1. The van der Waals surface area contributed by atoms with E-state index in [2.05, 4.69) is 5.32 Å². The molecule has 1 N–H and O–H groups in total. The lowest BCUT2D eigenvalue weighted by atomic mass is 9.99. The third-order valence-corrected chi connectivity index (χ3v) is 8.26. The fourth-order valence-electron chi connectivity index (χ4n) is 3.25. The van der Waals surface area contributed by atoms with Crippen molar-refractivity contribution < 1.29 is 17.6 Å². The molecule has 31 heavy (non-hydrogen) atoms. The lowest BCUT2D eigenvalue weighted by Crippen LogP contribution is -2.42. The zero-order chi connectivity index (χ0) is 22.6.